The summed E-state index contributed by atoms with van der Waals surface area (Å²) in [6.45, 7) is 15.9. The zero-order chi connectivity index (χ0) is 15.4. The van der Waals surface area contributed by atoms with Crippen molar-refractivity contribution in [3.63, 3.8) is 0 Å². The minimum Gasteiger partial charge on any atom is -0.313 e. The summed E-state index contributed by atoms with van der Waals surface area (Å²) in [5, 5.41) is 3.71. The molecule has 2 nitrogen and oxygen atoms in total. The fourth-order valence-corrected chi connectivity index (χ4v) is 4.58. The maximum Gasteiger partial charge on any atom is 0.0195 e. The van der Waals surface area contributed by atoms with Gasteiger partial charge in [0.25, 0.3) is 0 Å². The van der Waals surface area contributed by atoms with Crippen LogP contribution in [-0.4, -0.2) is 36.6 Å². The van der Waals surface area contributed by atoms with Gasteiger partial charge >= 0.3 is 0 Å². The van der Waals surface area contributed by atoms with E-state index in [1.165, 1.54) is 51.7 Å². The van der Waals surface area contributed by atoms with Gasteiger partial charge in [-0.2, -0.15) is 0 Å². The lowest BCUT2D eigenvalue weighted by atomic mass is 9.73. The quantitative estimate of drug-likeness (QED) is 0.791. The lowest BCUT2D eigenvalue weighted by Gasteiger charge is -2.45. The molecule has 0 aromatic carbocycles. The van der Waals surface area contributed by atoms with Gasteiger partial charge in [0.1, 0.15) is 0 Å². The maximum atomic E-state index is 3.71. The van der Waals surface area contributed by atoms with Crippen molar-refractivity contribution in [1.29, 1.82) is 0 Å². The highest BCUT2D eigenvalue weighted by Crippen LogP contribution is 2.37. The average Bonchev–Trinajstić information content (AvgIpc) is 2.90. The van der Waals surface area contributed by atoms with E-state index in [0.29, 0.717) is 0 Å². The molecule has 1 heterocycles. The van der Waals surface area contributed by atoms with Crippen molar-refractivity contribution in [2.75, 3.05) is 19.6 Å². The van der Waals surface area contributed by atoms with Crippen molar-refractivity contribution < 1.29 is 0 Å². The summed E-state index contributed by atoms with van der Waals surface area (Å²) in [7, 11) is 0. The molecule has 0 amide bonds. The first-order valence-corrected chi connectivity index (χ1v) is 9.44. The van der Waals surface area contributed by atoms with Crippen molar-refractivity contribution in [2.24, 2.45) is 23.7 Å². The fourth-order valence-electron chi connectivity index (χ4n) is 4.58. The Bertz CT molecular complexity index is 294. The number of nitrogens with zero attached hydrogens (tertiary/aromatic N) is 1. The third-order valence-corrected chi connectivity index (χ3v) is 5.67. The summed E-state index contributed by atoms with van der Waals surface area (Å²) in [6.07, 6.45) is 7.05. The van der Waals surface area contributed by atoms with Gasteiger partial charge in [0.05, 0.1) is 0 Å². The molecule has 4 atom stereocenters. The highest BCUT2D eigenvalue weighted by molar-refractivity contribution is 4.90. The summed E-state index contributed by atoms with van der Waals surface area (Å²) < 4.78 is 0. The van der Waals surface area contributed by atoms with E-state index in [0.717, 1.165) is 35.8 Å². The molecule has 21 heavy (non-hydrogen) atoms. The Balaban J connectivity index is 2.06. The molecule has 1 aliphatic heterocycles. The summed E-state index contributed by atoms with van der Waals surface area (Å²) >= 11 is 0. The third kappa shape index (κ3) is 4.96. The second kappa shape index (κ2) is 7.97. The number of hydrogen-bond donors (Lipinski definition) is 1. The molecular formula is C19H38N2. The van der Waals surface area contributed by atoms with Gasteiger partial charge in [0.2, 0.25) is 0 Å². The first-order chi connectivity index (χ1) is 9.97. The van der Waals surface area contributed by atoms with Crippen LogP contribution < -0.4 is 5.32 Å². The van der Waals surface area contributed by atoms with Gasteiger partial charge in [0, 0.05) is 25.2 Å². The molecule has 2 fully saturated rings. The molecule has 0 bridgehead atoms. The van der Waals surface area contributed by atoms with E-state index in [1.54, 1.807) is 0 Å². The largest absolute Gasteiger partial charge is 0.313 e. The van der Waals surface area contributed by atoms with Gasteiger partial charge in [-0.25, -0.2) is 0 Å². The molecule has 0 aromatic rings. The smallest absolute Gasteiger partial charge is 0.0195 e. The van der Waals surface area contributed by atoms with E-state index < -0.39 is 0 Å². The number of rotatable bonds is 6. The average molecular weight is 295 g/mol. The van der Waals surface area contributed by atoms with Gasteiger partial charge in [-0.3, -0.25) is 4.90 Å². The van der Waals surface area contributed by atoms with Crippen molar-refractivity contribution in [3.8, 4) is 0 Å². The summed E-state index contributed by atoms with van der Waals surface area (Å²) in [5.74, 6) is 3.42. The Kier molecular flexibility index (Phi) is 6.55. The Hall–Kier alpha value is -0.0800. The minimum absolute atomic E-state index is 0.744. The van der Waals surface area contributed by atoms with Crippen molar-refractivity contribution in [3.05, 3.63) is 0 Å². The van der Waals surface area contributed by atoms with Gasteiger partial charge in [-0.15, -0.1) is 0 Å². The third-order valence-electron chi connectivity index (χ3n) is 5.67. The molecule has 2 rings (SSSR count). The Morgan fingerprint density at radius 3 is 2.43 bits per heavy atom. The van der Waals surface area contributed by atoms with Gasteiger partial charge in [-0.1, -0.05) is 41.0 Å². The second-order valence-electron chi connectivity index (χ2n) is 8.53. The molecule has 2 heteroatoms. The number of hydrogen-bond acceptors (Lipinski definition) is 2. The Labute approximate surface area is 133 Å². The van der Waals surface area contributed by atoms with Crippen LogP contribution in [0, 0.1) is 23.7 Å². The number of nitrogens with one attached hydrogen (secondary N) is 1. The van der Waals surface area contributed by atoms with E-state index in [9.17, 15) is 0 Å². The van der Waals surface area contributed by atoms with Gasteiger partial charge < -0.3 is 5.32 Å². The highest BCUT2D eigenvalue weighted by atomic mass is 15.2. The lowest BCUT2D eigenvalue weighted by Crippen LogP contribution is -2.51. The predicted octanol–water partition coefficient (Wildman–Crippen LogP) is 4.16. The molecule has 2 aliphatic rings. The van der Waals surface area contributed by atoms with Crippen LogP contribution in [0.2, 0.25) is 0 Å². The van der Waals surface area contributed by atoms with Crippen molar-refractivity contribution in [2.45, 2.75) is 78.8 Å². The summed E-state index contributed by atoms with van der Waals surface area (Å²) in [4.78, 5) is 2.87. The second-order valence-corrected chi connectivity index (χ2v) is 8.53. The predicted molar refractivity (Wildman–Crippen MR) is 92.6 cm³/mol. The molecule has 1 saturated carbocycles. The molecule has 1 N–H and O–H groups in total. The molecule has 1 saturated heterocycles. The van der Waals surface area contributed by atoms with E-state index in [2.05, 4.69) is 44.8 Å². The molecule has 124 valence electrons. The SMILES string of the molecule is CC(C)CN(CC1CCCN1)C1CC(C)CCC1C(C)C. The van der Waals surface area contributed by atoms with Crippen LogP contribution >= 0.6 is 0 Å². The van der Waals surface area contributed by atoms with Gasteiger partial charge in [-0.05, 0) is 55.9 Å². The molecule has 4 unspecified atom stereocenters. The minimum atomic E-state index is 0.744. The molecule has 1 aliphatic carbocycles. The summed E-state index contributed by atoms with van der Waals surface area (Å²) in [6, 6.07) is 1.56. The van der Waals surface area contributed by atoms with Crippen LogP contribution in [0.25, 0.3) is 0 Å². The zero-order valence-electron chi connectivity index (χ0n) is 15.1. The van der Waals surface area contributed by atoms with Crippen molar-refractivity contribution >= 4 is 0 Å². The van der Waals surface area contributed by atoms with Crippen LogP contribution in [-0.2, 0) is 0 Å². The monoisotopic (exact) mass is 294 g/mol. The molecule has 0 aromatic heterocycles. The Morgan fingerprint density at radius 1 is 1.10 bits per heavy atom. The highest BCUT2D eigenvalue weighted by Gasteiger charge is 2.35. The van der Waals surface area contributed by atoms with Crippen LogP contribution in [0.15, 0.2) is 0 Å². The first-order valence-electron chi connectivity index (χ1n) is 9.44. The van der Waals surface area contributed by atoms with E-state index in [1.807, 2.05) is 0 Å². The Morgan fingerprint density at radius 2 is 1.86 bits per heavy atom. The van der Waals surface area contributed by atoms with Crippen LogP contribution in [0.4, 0.5) is 0 Å². The fraction of sp³-hybridized carbons (Fsp3) is 1.00. The van der Waals surface area contributed by atoms with Crippen molar-refractivity contribution in [1.82, 2.24) is 10.2 Å². The van der Waals surface area contributed by atoms with E-state index in [-0.39, 0.29) is 0 Å². The lowest BCUT2D eigenvalue weighted by molar-refractivity contribution is 0.0456. The maximum absolute atomic E-state index is 3.71. The molecule has 0 spiro atoms. The zero-order valence-corrected chi connectivity index (χ0v) is 15.1. The van der Waals surface area contributed by atoms with Crippen LogP contribution in [0.5, 0.6) is 0 Å². The van der Waals surface area contributed by atoms with Crippen LogP contribution in [0.1, 0.15) is 66.7 Å². The summed E-state index contributed by atoms with van der Waals surface area (Å²) in [5.41, 5.74) is 0. The molecule has 0 radical (unpaired) electrons. The molecular weight excluding hydrogens is 256 g/mol. The standard InChI is InChI=1S/C19H38N2/c1-14(2)12-21(13-17-7-6-10-20-17)19-11-16(5)8-9-18(19)15(3)4/h14-20H,6-13H2,1-5H3. The van der Waals surface area contributed by atoms with E-state index >= 15 is 0 Å². The normalized spacial score (nSPS) is 34.3. The van der Waals surface area contributed by atoms with Crippen LogP contribution in [0.3, 0.4) is 0 Å². The first kappa shape index (κ1) is 17.3. The topological polar surface area (TPSA) is 15.3 Å². The van der Waals surface area contributed by atoms with Gasteiger partial charge in [0.15, 0.2) is 0 Å². The van der Waals surface area contributed by atoms with E-state index in [4.69, 9.17) is 0 Å².